The maximum atomic E-state index is 12.9. The Labute approximate surface area is 160 Å². The van der Waals surface area contributed by atoms with Crippen LogP contribution in [0.3, 0.4) is 0 Å². The van der Waals surface area contributed by atoms with Crippen molar-refractivity contribution in [3.63, 3.8) is 0 Å². The molecule has 4 heterocycles. The monoisotopic (exact) mass is 380 g/mol. The summed E-state index contributed by atoms with van der Waals surface area (Å²) in [7, 11) is 0. The lowest BCUT2D eigenvalue weighted by atomic mass is 10.1. The molecule has 8 nitrogen and oxygen atoms in total. The molecular weight excluding hydrogens is 360 g/mol. The molecule has 28 heavy (non-hydrogen) atoms. The fourth-order valence-electron chi connectivity index (χ4n) is 3.74. The van der Waals surface area contributed by atoms with Crippen LogP contribution in [0.1, 0.15) is 40.2 Å². The van der Waals surface area contributed by atoms with E-state index in [-0.39, 0.29) is 23.1 Å². The van der Waals surface area contributed by atoms with Gasteiger partial charge in [0.2, 0.25) is 0 Å². The molecule has 1 amide bonds. The number of benzene rings is 1. The number of carbonyl (C=O) groups excluding carboxylic acids is 1. The molecule has 0 spiro atoms. The molecule has 1 atom stereocenters. The van der Waals surface area contributed by atoms with Crippen molar-refractivity contribution in [1.29, 1.82) is 0 Å². The van der Waals surface area contributed by atoms with E-state index in [0.29, 0.717) is 37.7 Å². The van der Waals surface area contributed by atoms with E-state index < -0.39 is 0 Å². The van der Waals surface area contributed by atoms with Crippen molar-refractivity contribution in [3.05, 3.63) is 69.8 Å². The molecule has 0 saturated carbocycles. The number of fused-ring (bicyclic) bond motifs is 1. The predicted molar refractivity (Wildman–Crippen MR) is 99.5 cm³/mol. The average Bonchev–Trinajstić information content (AvgIpc) is 3.46. The van der Waals surface area contributed by atoms with E-state index in [0.717, 1.165) is 24.5 Å². The standard InChI is InChI=1S/C20H20N4O4/c25-18-10-15(22-24(18)14-4-2-1-3-5-14)20(26)23-8-6-17-16(11-23)21-19(28-17)13-7-9-27-12-13/h1-5,10,13,22H,6-9,11-12H2. The Hall–Kier alpha value is -3.13. The number of rotatable bonds is 3. The second kappa shape index (κ2) is 6.79. The number of para-hydroxylation sites is 1. The van der Waals surface area contributed by atoms with Gasteiger partial charge in [-0.25, -0.2) is 9.67 Å². The molecule has 0 radical (unpaired) electrons. The Morgan fingerprint density at radius 1 is 1.25 bits per heavy atom. The summed E-state index contributed by atoms with van der Waals surface area (Å²) < 4.78 is 12.7. The first kappa shape index (κ1) is 17.0. The van der Waals surface area contributed by atoms with Crippen molar-refractivity contribution in [1.82, 2.24) is 19.7 Å². The maximum Gasteiger partial charge on any atom is 0.272 e. The molecule has 1 unspecified atom stereocenters. The highest BCUT2D eigenvalue weighted by Crippen LogP contribution is 2.29. The normalized spacial score (nSPS) is 19.0. The second-order valence-electron chi connectivity index (χ2n) is 7.14. The maximum absolute atomic E-state index is 12.9. The quantitative estimate of drug-likeness (QED) is 0.749. The Balaban J connectivity index is 1.36. The summed E-state index contributed by atoms with van der Waals surface area (Å²) in [6.07, 6.45) is 1.53. The highest BCUT2D eigenvalue weighted by Gasteiger charge is 2.30. The first-order valence-corrected chi connectivity index (χ1v) is 9.42. The van der Waals surface area contributed by atoms with Gasteiger partial charge in [0.05, 0.1) is 24.8 Å². The summed E-state index contributed by atoms with van der Waals surface area (Å²) in [6, 6.07) is 10.5. The van der Waals surface area contributed by atoms with E-state index in [1.54, 1.807) is 4.90 Å². The third-order valence-electron chi connectivity index (χ3n) is 5.28. The molecule has 1 N–H and O–H groups in total. The Bertz CT molecular complexity index is 1060. The van der Waals surface area contributed by atoms with E-state index >= 15 is 0 Å². The summed E-state index contributed by atoms with van der Waals surface area (Å²) >= 11 is 0. The van der Waals surface area contributed by atoms with Gasteiger partial charge < -0.3 is 14.1 Å². The van der Waals surface area contributed by atoms with E-state index in [4.69, 9.17) is 9.15 Å². The van der Waals surface area contributed by atoms with Gasteiger partial charge in [0.15, 0.2) is 5.89 Å². The Kier molecular flexibility index (Phi) is 4.12. The van der Waals surface area contributed by atoms with Crippen LogP contribution < -0.4 is 5.56 Å². The molecule has 2 aliphatic rings. The van der Waals surface area contributed by atoms with Crippen LogP contribution in [0.2, 0.25) is 0 Å². The lowest BCUT2D eigenvalue weighted by Crippen LogP contribution is -2.36. The zero-order chi connectivity index (χ0) is 19.1. The third-order valence-corrected chi connectivity index (χ3v) is 5.28. The van der Waals surface area contributed by atoms with Crippen molar-refractivity contribution in [3.8, 4) is 5.69 Å². The van der Waals surface area contributed by atoms with E-state index in [1.165, 1.54) is 10.7 Å². The molecule has 0 bridgehead atoms. The molecule has 1 saturated heterocycles. The van der Waals surface area contributed by atoms with Crippen LogP contribution in [-0.4, -0.2) is 45.3 Å². The van der Waals surface area contributed by atoms with Gasteiger partial charge >= 0.3 is 0 Å². The number of carbonyl (C=O) groups is 1. The van der Waals surface area contributed by atoms with Crippen LogP contribution in [0, 0.1) is 0 Å². The molecule has 1 fully saturated rings. The number of ether oxygens (including phenoxy) is 1. The van der Waals surface area contributed by atoms with E-state index in [1.807, 2.05) is 30.3 Å². The van der Waals surface area contributed by atoms with Gasteiger partial charge in [-0.2, -0.15) is 0 Å². The lowest BCUT2D eigenvalue weighted by molar-refractivity contribution is 0.0721. The van der Waals surface area contributed by atoms with Crippen molar-refractivity contribution >= 4 is 5.91 Å². The zero-order valence-electron chi connectivity index (χ0n) is 15.3. The smallest absolute Gasteiger partial charge is 0.272 e. The summed E-state index contributed by atoms with van der Waals surface area (Å²) in [4.78, 5) is 31.5. The zero-order valence-corrected chi connectivity index (χ0v) is 15.3. The number of aromatic amines is 1. The van der Waals surface area contributed by atoms with Gasteiger partial charge in [0.1, 0.15) is 17.1 Å². The predicted octanol–water partition coefficient (Wildman–Crippen LogP) is 1.86. The van der Waals surface area contributed by atoms with Gasteiger partial charge in [-0.3, -0.25) is 14.7 Å². The molecule has 2 aliphatic heterocycles. The van der Waals surface area contributed by atoms with Gasteiger partial charge in [-0.1, -0.05) is 18.2 Å². The molecule has 2 aromatic heterocycles. The van der Waals surface area contributed by atoms with Crippen molar-refractivity contribution in [2.45, 2.75) is 25.3 Å². The molecule has 144 valence electrons. The number of hydrogen-bond donors (Lipinski definition) is 1. The summed E-state index contributed by atoms with van der Waals surface area (Å²) in [6.45, 7) is 2.27. The summed E-state index contributed by atoms with van der Waals surface area (Å²) in [5, 5.41) is 2.92. The number of nitrogens with one attached hydrogen (secondary N) is 1. The minimum absolute atomic E-state index is 0.200. The molecule has 8 heteroatoms. The first-order valence-electron chi connectivity index (χ1n) is 9.42. The van der Waals surface area contributed by atoms with Crippen LogP contribution in [0.5, 0.6) is 0 Å². The topological polar surface area (TPSA) is 93.4 Å². The van der Waals surface area contributed by atoms with Gasteiger partial charge in [0.25, 0.3) is 11.5 Å². The molecule has 0 aliphatic carbocycles. The SMILES string of the molecule is O=C(c1cc(=O)n(-c2ccccc2)[nH]1)N1CCc2oc(C3CCOC3)nc2C1. The second-order valence-corrected chi connectivity index (χ2v) is 7.14. The summed E-state index contributed by atoms with van der Waals surface area (Å²) in [5.41, 5.74) is 1.49. The van der Waals surface area contributed by atoms with E-state index in [9.17, 15) is 9.59 Å². The lowest BCUT2D eigenvalue weighted by Gasteiger charge is -2.24. The third kappa shape index (κ3) is 2.95. The number of nitrogens with zero attached hydrogens (tertiary/aromatic N) is 3. The minimum Gasteiger partial charge on any atom is -0.445 e. The van der Waals surface area contributed by atoms with Gasteiger partial charge in [-0.05, 0) is 18.6 Å². The number of hydrogen-bond acceptors (Lipinski definition) is 5. The molecular formula is C20H20N4O4. The van der Waals surface area contributed by atoms with Crippen LogP contribution in [-0.2, 0) is 17.7 Å². The van der Waals surface area contributed by atoms with Gasteiger partial charge in [0, 0.05) is 25.6 Å². The molecule has 1 aromatic carbocycles. The Morgan fingerprint density at radius 2 is 2.11 bits per heavy atom. The molecule has 3 aromatic rings. The van der Waals surface area contributed by atoms with E-state index in [2.05, 4.69) is 10.1 Å². The average molecular weight is 380 g/mol. The number of oxazole rings is 1. The highest BCUT2D eigenvalue weighted by molar-refractivity contribution is 5.92. The fourth-order valence-corrected chi connectivity index (χ4v) is 3.74. The van der Waals surface area contributed by atoms with Gasteiger partial charge in [-0.15, -0.1) is 0 Å². The number of H-pyrrole nitrogens is 1. The minimum atomic E-state index is -0.266. The first-order chi connectivity index (χ1) is 13.7. The van der Waals surface area contributed by atoms with Crippen LogP contribution in [0.15, 0.2) is 45.6 Å². The Morgan fingerprint density at radius 3 is 2.89 bits per heavy atom. The number of amides is 1. The van der Waals surface area contributed by atoms with Crippen molar-refractivity contribution < 1.29 is 13.9 Å². The highest BCUT2D eigenvalue weighted by atomic mass is 16.5. The molecule has 5 rings (SSSR count). The van der Waals surface area contributed by atoms with Crippen LogP contribution >= 0.6 is 0 Å². The van der Waals surface area contributed by atoms with Crippen LogP contribution in [0.4, 0.5) is 0 Å². The van der Waals surface area contributed by atoms with Crippen LogP contribution in [0.25, 0.3) is 5.69 Å². The van der Waals surface area contributed by atoms with Crippen molar-refractivity contribution in [2.24, 2.45) is 0 Å². The number of aromatic nitrogens is 3. The fraction of sp³-hybridized carbons (Fsp3) is 0.350. The largest absolute Gasteiger partial charge is 0.445 e. The van der Waals surface area contributed by atoms with Crippen molar-refractivity contribution in [2.75, 3.05) is 19.8 Å². The summed E-state index contributed by atoms with van der Waals surface area (Å²) in [5.74, 6) is 1.54.